The molecule has 2 atom stereocenters. The molecule has 0 aromatic heterocycles. The fourth-order valence-electron chi connectivity index (χ4n) is 2.26. The summed E-state index contributed by atoms with van der Waals surface area (Å²) in [6.45, 7) is 7.33. The number of Topliss-reactive ketones (excluding diaryl/α,β-unsaturated/α-hetero) is 1. The van der Waals surface area contributed by atoms with Gasteiger partial charge in [0, 0.05) is 18.2 Å². The van der Waals surface area contributed by atoms with E-state index >= 15 is 0 Å². The number of ether oxygens (including phenoxy) is 2. The zero-order valence-corrected chi connectivity index (χ0v) is 14.9. The minimum Gasteiger partial charge on any atom is -0.377 e. The third-order valence-corrected chi connectivity index (χ3v) is 3.24. The smallest absolute Gasteiger partial charge is 0.251 e. The summed E-state index contributed by atoms with van der Waals surface area (Å²) < 4.78 is 10.7. The summed E-state index contributed by atoms with van der Waals surface area (Å²) in [5.41, 5.74) is 0.666. The minimum atomic E-state index is -0.802. The van der Waals surface area contributed by atoms with E-state index in [-0.39, 0.29) is 18.3 Å². The van der Waals surface area contributed by atoms with Gasteiger partial charge in [-0.2, -0.15) is 0 Å². The van der Waals surface area contributed by atoms with Crippen molar-refractivity contribution < 1.29 is 19.1 Å². The van der Waals surface area contributed by atoms with Crippen molar-refractivity contribution >= 4 is 11.7 Å². The van der Waals surface area contributed by atoms with Gasteiger partial charge in [-0.3, -0.25) is 9.59 Å². The van der Waals surface area contributed by atoms with Gasteiger partial charge in [-0.1, -0.05) is 5.92 Å². The fourth-order valence-corrected chi connectivity index (χ4v) is 2.26. The molecule has 0 radical (unpaired) electrons. The van der Waals surface area contributed by atoms with Crippen LogP contribution in [0.2, 0.25) is 0 Å². The minimum absolute atomic E-state index is 0.0984. The molecule has 0 aliphatic rings. The monoisotopic (exact) mass is 331 g/mol. The van der Waals surface area contributed by atoms with E-state index in [1.165, 1.54) is 7.11 Å². The van der Waals surface area contributed by atoms with Gasteiger partial charge < -0.3 is 14.8 Å². The Morgan fingerprint density at radius 3 is 2.29 bits per heavy atom. The number of carbonyl (C=O) groups excluding carboxylic acids is 2. The van der Waals surface area contributed by atoms with Crippen molar-refractivity contribution in [2.75, 3.05) is 13.7 Å². The van der Waals surface area contributed by atoms with Crippen molar-refractivity contribution in [3.05, 3.63) is 35.4 Å². The van der Waals surface area contributed by atoms with E-state index in [0.29, 0.717) is 11.1 Å². The van der Waals surface area contributed by atoms with Crippen LogP contribution in [0.1, 0.15) is 43.6 Å². The third kappa shape index (κ3) is 6.15. The van der Waals surface area contributed by atoms with E-state index in [2.05, 4.69) is 11.2 Å². The van der Waals surface area contributed by atoms with Crippen LogP contribution in [0.25, 0.3) is 0 Å². The summed E-state index contributed by atoms with van der Waals surface area (Å²) in [6, 6.07) is 5.80. The number of nitrogens with one attached hydrogen (secondary N) is 1. The van der Waals surface area contributed by atoms with Gasteiger partial charge in [0.2, 0.25) is 0 Å². The van der Waals surface area contributed by atoms with Crippen molar-refractivity contribution in [3.8, 4) is 12.3 Å². The van der Waals surface area contributed by atoms with Crippen LogP contribution in [0, 0.1) is 12.3 Å². The number of amides is 1. The Morgan fingerprint density at radius 2 is 1.83 bits per heavy atom. The van der Waals surface area contributed by atoms with Crippen LogP contribution < -0.4 is 5.32 Å². The summed E-state index contributed by atoms with van der Waals surface area (Å²) in [6.07, 6.45) is 4.80. The first-order valence-electron chi connectivity index (χ1n) is 7.75. The highest BCUT2D eigenvalue weighted by Gasteiger charge is 2.30. The molecule has 130 valence electrons. The molecule has 0 saturated heterocycles. The highest BCUT2D eigenvalue weighted by atomic mass is 16.5. The summed E-state index contributed by atoms with van der Waals surface area (Å²) in [7, 11) is 1.44. The number of benzene rings is 1. The Labute approximate surface area is 143 Å². The lowest BCUT2D eigenvalue weighted by Crippen LogP contribution is -2.51. The Kier molecular flexibility index (Phi) is 7.15. The van der Waals surface area contributed by atoms with E-state index < -0.39 is 17.7 Å². The molecular formula is C19H25NO4. The van der Waals surface area contributed by atoms with Gasteiger partial charge in [0.15, 0.2) is 5.78 Å². The number of carbonyl (C=O) groups is 2. The first-order valence-corrected chi connectivity index (χ1v) is 7.75. The predicted octanol–water partition coefficient (Wildman–Crippen LogP) is 2.19. The average Bonchev–Trinajstić information content (AvgIpc) is 2.50. The molecule has 1 aromatic carbocycles. The van der Waals surface area contributed by atoms with Gasteiger partial charge >= 0.3 is 0 Å². The van der Waals surface area contributed by atoms with E-state index in [9.17, 15) is 9.59 Å². The second-order valence-corrected chi connectivity index (χ2v) is 6.51. The van der Waals surface area contributed by atoms with Crippen LogP contribution >= 0.6 is 0 Å². The second kappa shape index (κ2) is 8.62. The van der Waals surface area contributed by atoms with Gasteiger partial charge in [-0.15, -0.1) is 6.42 Å². The topological polar surface area (TPSA) is 64.6 Å². The molecule has 0 aliphatic carbocycles. The molecular weight excluding hydrogens is 306 g/mol. The molecule has 1 aromatic rings. The Hall–Kier alpha value is -2.16. The molecule has 1 amide bonds. The molecule has 0 saturated carbocycles. The molecule has 0 heterocycles. The van der Waals surface area contributed by atoms with Crippen molar-refractivity contribution in [1.29, 1.82) is 0 Å². The lowest BCUT2D eigenvalue weighted by molar-refractivity contribution is -0.132. The predicted molar refractivity (Wildman–Crippen MR) is 92.8 cm³/mol. The number of ketones is 1. The highest BCUT2D eigenvalue weighted by molar-refractivity contribution is 5.98. The van der Waals surface area contributed by atoms with Gasteiger partial charge in [0.1, 0.15) is 12.6 Å². The highest BCUT2D eigenvalue weighted by Crippen LogP contribution is 2.14. The molecule has 1 rings (SSSR count). The zero-order chi connectivity index (χ0) is 18.3. The van der Waals surface area contributed by atoms with Gasteiger partial charge in [0.05, 0.1) is 11.7 Å². The molecule has 1 N–H and O–H groups in total. The summed E-state index contributed by atoms with van der Waals surface area (Å²) in [5.74, 6) is 1.88. The number of rotatable bonds is 7. The number of methoxy groups -OCH3 is 1. The molecule has 5 heteroatoms. The van der Waals surface area contributed by atoms with Crippen LogP contribution in [-0.4, -0.2) is 43.2 Å². The van der Waals surface area contributed by atoms with Gasteiger partial charge in [0.25, 0.3) is 5.91 Å². The Balaban J connectivity index is 2.92. The SMILES string of the molecule is C#Cc1ccc(C(=O)N[C@H](C(=O)COC)[C@@H](C)OC(C)(C)C)cc1. The Morgan fingerprint density at radius 1 is 1.25 bits per heavy atom. The molecule has 0 unspecified atom stereocenters. The third-order valence-electron chi connectivity index (χ3n) is 3.24. The van der Waals surface area contributed by atoms with Gasteiger partial charge in [-0.05, 0) is 52.0 Å². The lowest BCUT2D eigenvalue weighted by Gasteiger charge is -2.30. The van der Waals surface area contributed by atoms with E-state index in [0.717, 1.165) is 0 Å². The van der Waals surface area contributed by atoms with Crippen LogP contribution in [0.3, 0.4) is 0 Å². The summed E-state index contributed by atoms with van der Waals surface area (Å²) in [5, 5.41) is 2.73. The first kappa shape index (κ1) is 19.9. The maximum atomic E-state index is 12.4. The average molecular weight is 331 g/mol. The molecule has 0 bridgehead atoms. The molecule has 0 fully saturated rings. The van der Waals surface area contributed by atoms with Crippen LogP contribution in [-0.2, 0) is 14.3 Å². The maximum Gasteiger partial charge on any atom is 0.251 e. The standard InChI is InChI=1S/C19H25NO4/c1-7-14-8-10-15(11-9-14)18(22)20-17(16(21)12-23-6)13(2)24-19(3,4)5/h1,8-11,13,17H,12H2,2-6H3,(H,20,22)/t13-,17+/m1/s1. The van der Waals surface area contributed by atoms with E-state index in [1.54, 1.807) is 31.2 Å². The summed E-state index contributed by atoms with van der Waals surface area (Å²) >= 11 is 0. The van der Waals surface area contributed by atoms with Crippen LogP contribution in [0.5, 0.6) is 0 Å². The fraction of sp³-hybridized carbons (Fsp3) is 0.474. The second-order valence-electron chi connectivity index (χ2n) is 6.51. The first-order chi connectivity index (χ1) is 11.2. The largest absolute Gasteiger partial charge is 0.377 e. The van der Waals surface area contributed by atoms with Crippen LogP contribution in [0.4, 0.5) is 0 Å². The summed E-state index contributed by atoms with van der Waals surface area (Å²) in [4.78, 5) is 24.7. The quantitative estimate of drug-likeness (QED) is 0.778. The number of hydrogen-bond acceptors (Lipinski definition) is 4. The molecule has 0 aliphatic heterocycles. The van der Waals surface area contributed by atoms with E-state index in [4.69, 9.17) is 15.9 Å². The van der Waals surface area contributed by atoms with Crippen molar-refractivity contribution in [1.82, 2.24) is 5.32 Å². The zero-order valence-electron chi connectivity index (χ0n) is 14.9. The maximum absolute atomic E-state index is 12.4. The molecule has 24 heavy (non-hydrogen) atoms. The number of terminal acetylenes is 1. The Bertz CT molecular complexity index is 608. The van der Waals surface area contributed by atoms with Crippen molar-refractivity contribution in [2.24, 2.45) is 0 Å². The molecule has 0 spiro atoms. The molecule has 5 nitrogen and oxygen atoms in total. The van der Waals surface area contributed by atoms with Crippen molar-refractivity contribution in [3.63, 3.8) is 0 Å². The van der Waals surface area contributed by atoms with E-state index in [1.807, 2.05) is 20.8 Å². The van der Waals surface area contributed by atoms with Crippen molar-refractivity contribution in [2.45, 2.75) is 45.4 Å². The van der Waals surface area contributed by atoms with Crippen LogP contribution in [0.15, 0.2) is 24.3 Å². The van der Waals surface area contributed by atoms with Gasteiger partial charge in [-0.25, -0.2) is 0 Å². The normalized spacial score (nSPS) is 13.7. The number of hydrogen-bond donors (Lipinski definition) is 1. The lowest BCUT2D eigenvalue weighted by atomic mass is 10.0.